The predicted octanol–water partition coefficient (Wildman–Crippen LogP) is 2.34. The molecule has 1 amide bonds. The van der Waals surface area contributed by atoms with Gasteiger partial charge in [-0.2, -0.15) is 0 Å². The molecule has 17 heavy (non-hydrogen) atoms. The number of halogens is 2. The van der Waals surface area contributed by atoms with Crippen LogP contribution in [0.15, 0.2) is 27.1 Å². The van der Waals surface area contributed by atoms with E-state index >= 15 is 0 Å². The van der Waals surface area contributed by atoms with Gasteiger partial charge < -0.3 is 10.4 Å². The van der Waals surface area contributed by atoms with Crippen LogP contribution < -0.4 is 5.32 Å². The average molecular weight is 365 g/mol. The van der Waals surface area contributed by atoms with Gasteiger partial charge in [0.05, 0.1) is 0 Å². The zero-order valence-electron chi connectivity index (χ0n) is 9.04. The van der Waals surface area contributed by atoms with Crippen molar-refractivity contribution in [1.82, 2.24) is 5.32 Å². The summed E-state index contributed by atoms with van der Waals surface area (Å²) < 4.78 is 1.71. The van der Waals surface area contributed by atoms with E-state index in [1.807, 2.05) is 18.2 Å². The molecule has 6 heteroatoms. The highest BCUT2D eigenvalue weighted by Gasteiger charge is 2.19. The Balaban J connectivity index is 2.86. The number of benzene rings is 1. The van der Waals surface area contributed by atoms with Crippen LogP contribution in [0.1, 0.15) is 12.5 Å². The number of hydrogen-bond acceptors (Lipinski definition) is 2. The van der Waals surface area contributed by atoms with Crippen molar-refractivity contribution >= 4 is 43.7 Å². The van der Waals surface area contributed by atoms with Gasteiger partial charge in [-0.25, -0.2) is 4.79 Å². The number of aliphatic carboxylic acids is 1. The number of rotatable bonds is 4. The van der Waals surface area contributed by atoms with E-state index in [-0.39, 0.29) is 12.3 Å². The Hall–Kier alpha value is -0.880. The van der Waals surface area contributed by atoms with Crippen LogP contribution >= 0.6 is 31.9 Å². The Morgan fingerprint density at radius 3 is 2.53 bits per heavy atom. The quantitative estimate of drug-likeness (QED) is 0.861. The molecule has 4 nitrogen and oxygen atoms in total. The van der Waals surface area contributed by atoms with Crippen molar-refractivity contribution in [3.8, 4) is 0 Å². The molecule has 0 bridgehead atoms. The van der Waals surface area contributed by atoms with Gasteiger partial charge in [0.1, 0.15) is 6.04 Å². The molecular formula is C11H11Br2NO3. The molecule has 92 valence electrons. The van der Waals surface area contributed by atoms with Crippen molar-refractivity contribution in [1.29, 1.82) is 0 Å². The average Bonchev–Trinajstić information content (AvgIpc) is 2.19. The molecule has 1 aromatic rings. The first-order valence-electron chi connectivity index (χ1n) is 4.84. The Morgan fingerprint density at radius 1 is 1.41 bits per heavy atom. The summed E-state index contributed by atoms with van der Waals surface area (Å²) in [5.41, 5.74) is 0.828. The van der Waals surface area contributed by atoms with Crippen LogP contribution in [0, 0.1) is 0 Å². The Bertz CT molecular complexity index is 448. The van der Waals surface area contributed by atoms with Crippen LogP contribution in [-0.4, -0.2) is 23.0 Å². The molecule has 1 unspecified atom stereocenters. The third-order valence-electron chi connectivity index (χ3n) is 2.11. The van der Waals surface area contributed by atoms with Gasteiger partial charge >= 0.3 is 5.97 Å². The molecule has 0 aliphatic heterocycles. The highest BCUT2D eigenvalue weighted by atomic mass is 79.9. The predicted molar refractivity (Wildman–Crippen MR) is 70.8 cm³/mol. The lowest BCUT2D eigenvalue weighted by Crippen LogP contribution is -2.41. The molecule has 1 aromatic carbocycles. The zero-order chi connectivity index (χ0) is 13.0. The van der Waals surface area contributed by atoms with Gasteiger partial charge in [0.25, 0.3) is 0 Å². The SMILES string of the molecule is CC(=O)NC(Cc1ccc(Br)cc1Br)C(=O)O. The topological polar surface area (TPSA) is 66.4 Å². The Labute approximate surface area is 116 Å². The number of carboxylic acid groups (broad SMARTS) is 1. The van der Waals surface area contributed by atoms with Crippen molar-refractivity contribution in [2.75, 3.05) is 0 Å². The summed E-state index contributed by atoms with van der Waals surface area (Å²) in [5.74, 6) is -1.40. The molecule has 0 saturated carbocycles. The number of amides is 1. The summed E-state index contributed by atoms with van der Waals surface area (Å²) >= 11 is 6.67. The normalized spacial score (nSPS) is 11.9. The maximum Gasteiger partial charge on any atom is 0.326 e. The van der Waals surface area contributed by atoms with Gasteiger partial charge in [-0.3, -0.25) is 4.79 Å². The number of carbonyl (C=O) groups is 2. The Kier molecular flexibility index (Phi) is 5.14. The van der Waals surface area contributed by atoms with Gasteiger partial charge in [0.15, 0.2) is 0 Å². The van der Waals surface area contributed by atoms with Gasteiger partial charge in [-0.1, -0.05) is 37.9 Å². The number of hydrogen-bond donors (Lipinski definition) is 2. The minimum absolute atomic E-state index is 0.239. The number of carbonyl (C=O) groups excluding carboxylic acids is 1. The van der Waals surface area contributed by atoms with Gasteiger partial charge in [0.2, 0.25) is 5.91 Å². The molecule has 0 aliphatic carbocycles. The molecule has 0 radical (unpaired) electrons. The van der Waals surface area contributed by atoms with E-state index < -0.39 is 12.0 Å². The Morgan fingerprint density at radius 2 is 2.06 bits per heavy atom. The van der Waals surface area contributed by atoms with Gasteiger partial charge in [-0.05, 0) is 17.7 Å². The summed E-state index contributed by atoms with van der Waals surface area (Å²) in [6.07, 6.45) is 0.239. The lowest BCUT2D eigenvalue weighted by atomic mass is 10.1. The second-order valence-corrected chi connectivity index (χ2v) is 5.30. The summed E-state index contributed by atoms with van der Waals surface area (Å²) in [5, 5.41) is 11.4. The fraction of sp³-hybridized carbons (Fsp3) is 0.273. The molecule has 1 atom stereocenters. The largest absolute Gasteiger partial charge is 0.480 e. The van der Waals surface area contributed by atoms with Crippen molar-refractivity contribution in [3.63, 3.8) is 0 Å². The fourth-order valence-corrected chi connectivity index (χ4v) is 2.56. The van der Waals surface area contributed by atoms with Crippen LogP contribution in [0.5, 0.6) is 0 Å². The molecule has 1 rings (SSSR count). The minimum atomic E-state index is -1.05. The minimum Gasteiger partial charge on any atom is -0.480 e. The van der Waals surface area contributed by atoms with Crippen LogP contribution in [0.25, 0.3) is 0 Å². The molecule has 0 spiro atoms. The second kappa shape index (κ2) is 6.16. The second-order valence-electron chi connectivity index (χ2n) is 3.53. The third kappa shape index (κ3) is 4.47. The van der Waals surface area contributed by atoms with E-state index in [0.717, 1.165) is 14.5 Å². The van der Waals surface area contributed by atoms with E-state index in [0.29, 0.717) is 0 Å². The lowest BCUT2D eigenvalue weighted by molar-refractivity contribution is -0.141. The molecular weight excluding hydrogens is 354 g/mol. The summed E-state index contributed by atoms with van der Waals surface area (Å²) in [6, 6.07) is 4.56. The monoisotopic (exact) mass is 363 g/mol. The molecule has 0 fully saturated rings. The van der Waals surface area contributed by atoms with Crippen molar-refractivity contribution in [2.24, 2.45) is 0 Å². The first-order chi connectivity index (χ1) is 7.90. The molecule has 0 aliphatic rings. The first-order valence-corrected chi connectivity index (χ1v) is 6.42. The van der Waals surface area contributed by atoms with E-state index in [2.05, 4.69) is 37.2 Å². The maximum absolute atomic E-state index is 11.0. The van der Waals surface area contributed by atoms with E-state index in [9.17, 15) is 9.59 Å². The van der Waals surface area contributed by atoms with Crippen molar-refractivity contribution < 1.29 is 14.7 Å². The van der Waals surface area contributed by atoms with Crippen molar-refractivity contribution in [3.05, 3.63) is 32.7 Å². The molecule has 0 heterocycles. The summed E-state index contributed by atoms with van der Waals surface area (Å²) in [7, 11) is 0. The van der Waals surface area contributed by atoms with Crippen molar-refractivity contribution in [2.45, 2.75) is 19.4 Å². The summed E-state index contributed by atoms with van der Waals surface area (Å²) in [4.78, 5) is 21.9. The number of nitrogens with one attached hydrogen (secondary N) is 1. The standard InChI is InChI=1S/C11H11Br2NO3/c1-6(15)14-10(11(16)17)4-7-2-3-8(12)5-9(7)13/h2-3,5,10H,4H2,1H3,(H,14,15)(H,16,17). The van der Waals surface area contributed by atoms with Gasteiger partial charge in [0, 0.05) is 22.3 Å². The fourth-order valence-electron chi connectivity index (χ4n) is 1.35. The van der Waals surface area contributed by atoms with Crippen LogP contribution in [0.2, 0.25) is 0 Å². The first kappa shape index (κ1) is 14.2. The highest BCUT2D eigenvalue weighted by Crippen LogP contribution is 2.23. The third-order valence-corrected chi connectivity index (χ3v) is 3.35. The lowest BCUT2D eigenvalue weighted by Gasteiger charge is -2.14. The highest BCUT2D eigenvalue weighted by molar-refractivity contribution is 9.11. The van der Waals surface area contributed by atoms with E-state index in [4.69, 9.17) is 5.11 Å². The molecule has 0 aromatic heterocycles. The molecule has 0 saturated heterocycles. The molecule has 2 N–H and O–H groups in total. The zero-order valence-corrected chi connectivity index (χ0v) is 12.2. The van der Waals surface area contributed by atoms with E-state index in [1.54, 1.807) is 0 Å². The van der Waals surface area contributed by atoms with Crippen LogP contribution in [0.4, 0.5) is 0 Å². The number of carboxylic acids is 1. The van der Waals surface area contributed by atoms with Crippen LogP contribution in [-0.2, 0) is 16.0 Å². The van der Waals surface area contributed by atoms with Crippen LogP contribution in [0.3, 0.4) is 0 Å². The maximum atomic E-state index is 11.0. The smallest absolute Gasteiger partial charge is 0.326 e. The van der Waals surface area contributed by atoms with Gasteiger partial charge in [-0.15, -0.1) is 0 Å². The summed E-state index contributed by atoms with van der Waals surface area (Å²) in [6.45, 7) is 1.30. The van der Waals surface area contributed by atoms with E-state index in [1.165, 1.54) is 6.92 Å².